The number of amides is 1. The number of aliphatic hydroxyl groups is 1. The topological polar surface area (TPSA) is 102 Å². The number of aliphatic hydroxyl groups excluding tert-OH is 1. The summed E-state index contributed by atoms with van der Waals surface area (Å²) in [6.07, 6.45) is 6.47. The van der Waals surface area contributed by atoms with Gasteiger partial charge in [-0.15, -0.1) is 0 Å². The Morgan fingerprint density at radius 2 is 1.67 bits per heavy atom. The molecule has 1 aliphatic rings. The van der Waals surface area contributed by atoms with Crippen molar-refractivity contribution in [2.45, 2.75) is 85.0 Å². The zero-order valence-electron chi connectivity index (χ0n) is 18.1. The van der Waals surface area contributed by atoms with Crippen molar-refractivity contribution in [2.24, 2.45) is 0 Å². The molecule has 166 valence electrons. The number of carbonyl (C=O) groups excluding carboxylic acids is 1. The third-order valence-electron chi connectivity index (χ3n) is 5.77. The number of nitrogens with zero attached hydrogens (tertiary/aromatic N) is 5. The van der Waals surface area contributed by atoms with Gasteiger partial charge in [-0.1, -0.05) is 33.1 Å². The van der Waals surface area contributed by atoms with E-state index in [1.165, 1.54) is 4.57 Å². The zero-order chi connectivity index (χ0) is 21.7. The van der Waals surface area contributed by atoms with Gasteiger partial charge in [0.15, 0.2) is 11.2 Å². The maximum Gasteiger partial charge on any atom is 0.333 e. The van der Waals surface area contributed by atoms with Gasteiger partial charge in [0.05, 0.1) is 0 Å². The van der Waals surface area contributed by atoms with Crippen LogP contribution in [0.2, 0.25) is 0 Å². The number of imidazole rings is 1. The number of aryl methyl sites for hydroxylation is 2. The minimum atomic E-state index is -0.508. The lowest BCUT2D eigenvalue weighted by Gasteiger charge is -2.21. The van der Waals surface area contributed by atoms with Crippen molar-refractivity contribution in [3.05, 3.63) is 26.7 Å². The van der Waals surface area contributed by atoms with Crippen molar-refractivity contribution >= 4 is 17.1 Å². The highest BCUT2D eigenvalue weighted by molar-refractivity contribution is 5.77. The molecule has 1 aliphatic heterocycles. The van der Waals surface area contributed by atoms with Gasteiger partial charge in [0.2, 0.25) is 5.91 Å². The first-order chi connectivity index (χ1) is 14.5. The first-order valence-corrected chi connectivity index (χ1v) is 11.1. The molecule has 1 amide bonds. The second-order valence-corrected chi connectivity index (χ2v) is 7.98. The van der Waals surface area contributed by atoms with Crippen LogP contribution >= 0.6 is 0 Å². The molecule has 9 heteroatoms. The van der Waals surface area contributed by atoms with E-state index in [9.17, 15) is 19.5 Å². The molecule has 0 saturated carbocycles. The fraction of sp³-hybridized carbons (Fsp3) is 0.714. The fourth-order valence-corrected chi connectivity index (χ4v) is 4.13. The Labute approximate surface area is 175 Å². The molecule has 0 radical (unpaired) electrons. The van der Waals surface area contributed by atoms with E-state index in [1.54, 1.807) is 9.47 Å². The Kier molecular flexibility index (Phi) is 7.47. The zero-order valence-corrected chi connectivity index (χ0v) is 18.1. The van der Waals surface area contributed by atoms with E-state index in [0.717, 1.165) is 49.5 Å². The highest BCUT2D eigenvalue weighted by Gasteiger charge is 2.24. The molecule has 9 nitrogen and oxygen atoms in total. The van der Waals surface area contributed by atoms with Crippen LogP contribution in [0, 0.1) is 0 Å². The number of fused-ring (bicyclic) bond motifs is 1. The average molecular weight is 420 g/mol. The predicted octanol–water partition coefficient (Wildman–Crippen LogP) is 1.46. The molecular weight excluding hydrogens is 386 g/mol. The standard InChI is InChI=1S/C21H33N5O4/c1-3-5-13-25-19-18(24(10-4-2)16(15-27)22-19)20(29)26(21(25)30)14-17(28)23-11-8-6-7-9-12-23/h27H,3-15H2,1-2H3. The van der Waals surface area contributed by atoms with Crippen molar-refractivity contribution in [3.63, 3.8) is 0 Å². The molecule has 0 bridgehead atoms. The number of carbonyl (C=O) groups is 1. The normalized spacial score (nSPS) is 15.0. The Bertz CT molecular complexity index is 995. The van der Waals surface area contributed by atoms with Crippen LogP contribution in [0.5, 0.6) is 0 Å². The third-order valence-corrected chi connectivity index (χ3v) is 5.77. The van der Waals surface area contributed by atoms with Crippen molar-refractivity contribution in [2.75, 3.05) is 13.1 Å². The van der Waals surface area contributed by atoms with Crippen LogP contribution in [-0.4, -0.2) is 47.7 Å². The van der Waals surface area contributed by atoms with Gasteiger partial charge in [0, 0.05) is 26.2 Å². The number of hydrogen-bond acceptors (Lipinski definition) is 5. The van der Waals surface area contributed by atoms with E-state index in [4.69, 9.17) is 0 Å². The van der Waals surface area contributed by atoms with Gasteiger partial charge in [-0.3, -0.25) is 14.2 Å². The van der Waals surface area contributed by atoms with Gasteiger partial charge in [0.25, 0.3) is 5.56 Å². The first kappa shape index (κ1) is 22.3. The Hall–Kier alpha value is -2.42. The third kappa shape index (κ3) is 4.35. The maximum absolute atomic E-state index is 13.3. The lowest BCUT2D eigenvalue weighted by molar-refractivity contribution is -0.131. The fourth-order valence-electron chi connectivity index (χ4n) is 4.13. The summed E-state index contributed by atoms with van der Waals surface area (Å²) in [7, 11) is 0. The van der Waals surface area contributed by atoms with Gasteiger partial charge >= 0.3 is 5.69 Å². The average Bonchev–Trinajstić information content (AvgIpc) is 2.91. The molecule has 0 aromatic carbocycles. The summed E-state index contributed by atoms with van der Waals surface area (Å²) in [5.41, 5.74) is -0.420. The Morgan fingerprint density at radius 1 is 0.967 bits per heavy atom. The van der Waals surface area contributed by atoms with Crippen LogP contribution in [0.3, 0.4) is 0 Å². The molecule has 2 aromatic rings. The SMILES string of the molecule is CCCCn1c(=O)n(CC(=O)N2CCCCCC2)c(=O)c2c1nc(CO)n2CCC. The van der Waals surface area contributed by atoms with Crippen LogP contribution < -0.4 is 11.2 Å². The van der Waals surface area contributed by atoms with E-state index >= 15 is 0 Å². The lowest BCUT2D eigenvalue weighted by Crippen LogP contribution is -2.45. The Balaban J connectivity index is 2.13. The maximum atomic E-state index is 13.3. The monoisotopic (exact) mass is 419 g/mol. The van der Waals surface area contributed by atoms with Gasteiger partial charge in [0.1, 0.15) is 19.0 Å². The van der Waals surface area contributed by atoms with E-state index in [2.05, 4.69) is 4.98 Å². The smallest absolute Gasteiger partial charge is 0.333 e. The van der Waals surface area contributed by atoms with Crippen LogP contribution in [0.15, 0.2) is 9.59 Å². The summed E-state index contributed by atoms with van der Waals surface area (Å²) in [5, 5.41) is 9.74. The minimum Gasteiger partial charge on any atom is -0.388 e. The summed E-state index contributed by atoms with van der Waals surface area (Å²) in [6.45, 7) is 5.68. The molecule has 30 heavy (non-hydrogen) atoms. The van der Waals surface area contributed by atoms with Crippen LogP contribution in [-0.2, 0) is 31.0 Å². The molecule has 0 spiro atoms. The number of rotatable bonds is 8. The first-order valence-electron chi connectivity index (χ1n) is 11.1. The molecule has 0 aliphatic carbocycles. The summed E-state index contributed by atoms with van der Waals surface area (Å²) >= 11 is 0. The predicted molar refractivity (Wildman–Crippen MR) is 114 cm³/mol. The van der Waals surface area contributed by atoms with Gasteiger partial charge in [-0.25, -0.2) is 14.3 Å². The van der Waals surface area contributed by atoms with E-state index in [-0.39, 0.29) is 19.1 Å². The molecule has 3 heterocycles. The second kappa shape index (κ2) is 10.1. The quantitative estimate of drug-likeness (QED) is 0.698. The summed E-state index contributed by atoms with van der Waals surface area (Å²) in [4.78, 5) is 45.6. The van der Waals surface area contributed by atoms with Crippen molar-refractivity contribution in [1.29, 1.82) is 0 Å². The Morgan fingerprint density at radius 3 is 2.27 bits per heavy atom. The van der Waals surface area contributed by atoms with Gasteiger partial charge < -0.3 is 14.6 Å². The molecule has 1 fully saturated rings. The van der Waals surface area contributed by atoms with Crippen molar-refractivity contribution in [1.82, 2.24) is 23.6 Å². The van der Waals surface area contributed by atoms with Crippen LogP contribution in [0.4, 0.5) is 0 Å². The van der Waals surface area contributed by atoms with Crippen molar-refractivity contribution < 1.29 is 9.90 Å². The lowest BCUT2D eigenvalue weighted by atomic mass is 10.2. The molecular formula is C21H33N5O4. The number of unbranched alkanes of at least 4 members (excludes halogenated alkanes) is 1. The van der Waals surface area contributed by atoms with Crippen LogP contribution in [0.25, 0.3) is 11.2 Å². The number of hydrogen-bond donors (Lipinski definition) is 1. The largest absolute Gasteiger partial charge is 0.388 e. The number of likely N-dealkylation sites (tertiary alicyclic amines) is 1. The highest BCUT2D eigenvalue weighted by atomic mass is 16.3. The molecule has 2 aromatic heterocycles. The number of aromatic nitrogens is 4. The highest BCUT2D eigenvalue weighted by Crippen LogP contribution is 2.14. The van der Waals surface area contributed by atoms with E-state index < -0.39 is 11.2 Å². The van der Waals surface area contributed by atoms with Crippen LogP contribution in [0.1, 0.15) is 64.6 Å². The van der Waals surface area contributed by atoms with Gasteiger partial charge in [-0.2, -0.15) is 0 Å². The van der Waals surface area contributed by atoms with E-state index in [0.29, 0.717) is 43.2 Å². The minimum absolute atomic E-state index is 0.193. The summed E-state index contributed by atoms with van der Waals surface area (Å²) < 4.78 is 4.23. The molecule has 1 N–H and O–H groups in total. The summed E-state index contributed by atoms with van der Waals surface area (Å²) in [6, 6.07) is 0. The second-order valence-electron chi connectivity index (χ2n) is 7.98. The molecule has 0 atom stereocenters. The van der Waals surface area contributed by atoms with E-state index in [1.807, 2.05) is 13.8 Å². The molecule has 0 unspecified atom stereocenters. The molecule has 3 rings (SSSR count). The van der Waals surface area contributed by atoms with Crippen molar-refractivity contribution in [3.8, 4) is 0 Å². The van der Waals surface area contributed by atoms with Gasteiger partial charge in [-0.05, 0) is 25.7 Å². The summed E-state index contributed by atoms with van der Waals surface area (Å²) in [5.74, 6) is 0.173. The molecule has 1 saturated heterocycles.